The zero-order valence-electron chi connectivity index (χ0n) is 7.11. The maximum absolute atomic E-state index is 8.81. The minimum atomic E-state index is -1.35. The molecule has 0 aliphatic heterocycles. The third kappa shape index (κ3) is 6.66. The van der Waals surface area contributed by atoms with Crippen LogP contribution in [-0.2, 0) is 13.6 Å². The number of hydrogen-bond acceptors (Lipinski definition) is 4. The van der Waals surface area contributed by atoms with E-state index in [1.807, 2.05) is 13.8 Å². The summed E-state index contributed by atoms with van der Waals surface area (Å²) in [4.78, 5) is 0. The van der Waals surface area contributed by atoms with Gasteiger partial charge in [-0.15, -0.1) is 0 Å². The largest absolute Gasteiger partial charge is 0.368 e. The molecule has 68 valence electrons. The van der Waals surface area contributed by atoms with Crippen molar-refractivity contribution < 1.29 is 18.7 Å². The molecule has 1 N–H and O–H groups in total. The maximum Gasteiger partial charge on any atom is 0.335 e. The Labute approximate surface area is 68.5 Å². The van der Waals surface area contributed by atoms with Gasteiger partial charge >= 0.3 is 8.60 Å². The molecule has 1 atom stereocenters. The Balaban J connectivity index is 3.50. The van der Waals surface area contributed by atoms with Crippen molar-refractivity contribution >= 4 is 8.60 Å². The van der Waals surface area contributed by atoms with Gasteiger partial charge in [0.2, 0.25) is 0 Å². The van der Waals surface area contributed by atoms with E-state index in [-0.39, 0.29) is 0 Å². The van der Waals surface area contributed by atoms with Crippen LogP contribution in [-0.4, -0.2) is 24.6 Å². The fourth-order valence-electron chi connectivity index (χ4n) is 0.434. The van der Waals surface area contributed by atoms with Crippen LogP contribution in [0.3, 0.4) is 0 Å². The van der Waals surface area contributed by atoms with Crippen molar-refractivity contribution in [2.24, 2.45) is 0 Å². The predicted octanol–water partition coefficient (Wildman–Crippen LogP) is 1.64. The van der Waals surface area contributed by atoms with Crippen molar-refractivity contribution in [2.45, 2.75) is 27.1 Å². The van der Waals surface area contributed by atoms with Gasteiger partial charge in [0.05, 0.1) is 13.2 Å². The smallest absolute Gasteiger partial charge is 0.335 e. The third-order valence-corrected chi connectivity index (χ3v) is 2.12. The maximum atomic E-state index is 8.81. The molecule has 0 radical (unpaired) electrons. The summed E-state index contributed by atoms with van der Waals surface area (Å²) in [5, 5.41) is 8.81. The predicted molar refractivity (Wildman–Crippen MR) is 42.9 cm³/mol. The Morgan fingerprint density at radius 3 is 2.00 bits per heavy atom. The molecule has 0 aliphatic rings. The van der Waals surface area contributed by atoms with Crippen LogP contribution >= 0.6 is 8.60 Å². The lowest BCUT2D eigenvalue weighted by molar-refractivity contribution is -0.0181. The van der Waals surface area contributed by atoms with Crippen molar-refractivity contribution in [1.29, 1.82) is 0 Å². The quantitative estimate of drug-likeness (QED) is 0.501. The Morgan fingerprint density at radius 1 is 1.27 bits per heavy atom. The highest BCUT2D eigenvalue weighted by atomic mass is 31.2. The molecule has 0 spiro atoms. The topological polar surface area (TPSA) is 47.9 Å². The Hall–Kier alpha value is 0.270. The number of hydrogen-bond donors (Lipinski definition) is 1. The molecule has 0 saturated carbocycles. The number of aliphatic hydroxyl groups excluding tert-OH is 1. The average molecular weight is 182 g/mol. The summed E-state index contributed by atoms with van der Waals surface area (Å²) >= 11 is 0. The zero-order chi connectivity index (χ0) is 8.69. The van der Waals surface area contributed by atoms with Crippen molar-refractivity contribution in [3.05, 3.63) is 0 Å². The van der Waals surface area contributed by atoms with Crippen LogP contribution in [0.2, 0.25) is 0 Å². The average Bonchev–Trinajstić information content (AvgIpc) is 1.87. The van der Waals surface area contributed by atoms with Crippen LogP contribution < -0.4 is 0 Å². The first kappa shape index (κ1) is 11.3. The van der Waals surface area contributed by atoms with E-state index in [9.17, 15) is 0 Å². The second-order valence-electron chi connectivity index (χ2n) is 1.76. The molecule has 0 aromatic rings. The van der Waals surface area contributed by atoms with Crippen molar-refractivity contribution in [2.75, 3.05) is 13.2 Å². The first-order valence-electron chi connectivity index (χ1n) is 3.61. The highest BCUT2D eigenvalue weighted by Crippen LogP contribution is 2.40. The second-order valence-corrected chi connectivity index (χ2v) is 2.94. The molecular weight excluding hydrogens is 167 g/mol. The van der Waals surface area contributed by atoms with Gasteiger partial charge in [-0.05, 0) is 20.8 Å². The van der Waals surface area contributed by atoms with Gasteiger partial charge in [-0.3, -0.25) is 4.52 Å². The van der Waals surface area contributed by atoms with Crippen molar-refractivity contribution in [3.63, 3.8) is 0 Å². The van der Waals surface area contributed by atoms with Crippen LogP contribution in [0.5, 0.6) is 0 Å². The Bertz CT molecular complexity index is 82.7. The molecule has 5 heteroatoms. The molecule has 0 aromatic heterocycles. The minimum Gasteiger partial charge on any atom is -0.368 e. The van der Waals surface area contributed by atoms with E-state index in [1.54, 1.807) is 0 Å². The summed E-state index contributed by atoms with van der Waals surface area (Å²) in [5.74, 6) is 0. The van der Waals surface area contributed by atoms with E-state index in [4.69, 9.17) is 18.7 Å². The van der Waals surface area contributed by atoms with E-state index < -0.39 is 14.9 Å². The van der Waals surface area contributed by atoms with Crippen molar-refractivity contribution in [1.82, 2.24) is 0 Å². The summed E-state index contributed by atoms with van der Waals surface area (Å²) < 4.78 is 15.0. The first-order valence-corrected chi connectivity index (χ1v) is 4.71. The SMILES string of the molecule is CCOP(OCC)OC(C)O. The molecule has 0 aromatic carbocycles. The first-order chi connectivity index (χ1) is 5.20. The number of rotatable bonds is 6. The molecule has 11 heavy (non-hydrogen) atoms. The van der Waals surface area contributed by atoms with Crippen LogP contribution in [0.4, 0.5) is 0 Å². The fourth-order valence-corrected chi connectivity index (χ4v) is 1.30. The van der Waals surface area contributed by atoms with E-state index in [0.29, 0.717) is 13.2 Å². The molecule has 0 heterocycles. The van der Waals surface area contributed by atoms with Gasteiger partial charge in [0, 0.05) is 0 Å². The highest BCUT2D eigenvalue weighted by molar-refractivity contribution is 7.41. The fraction of sp³-hybridized carbons (Fsp3) is 1.00. The van der Waals surface area contributed by atoms with Crippen molar-refractivity contribution in [3.8, 4) is 0 Å². The minimum absolute atomic E-state index is 0.526. The second kappa shape index (κ2) is 6.95. The molecule has 0 fully saturated rings. The lowest BCUT2D eigenvalue weighted by Crippen LogP contribution is -2.05. The van der Waals surface area contributed by atoms with Gasteiger partial charge < -0.3 is 14.2 Å². The van der Waals surface area contributed by atoms with Gasteiger partial charge in [-0.2, -0.15) is 0 Å². The zero-order valence-corrected chi connectivity index (χ0v) is 8.01. The third-order valence-electron chi connectivity index (χ3n) is 0.708. The lowest BCUT2D eigenvalue weighted by atomic mass is 10.8. The van der Waals surface area contributed by atoms with Gasteiger partial charge in [-0.25, -0.2) is 0 Å². The summed E-state index contributed by atoms with van der Waals surface area (Å²) in [6.07, 6.45) is -0.834. The Morgan fingerprint density at radius 2 is 1.73 bits per heavy atom. The molecule has 0 bridgehead atoms. The van der Waals surface area contributed by atoms with Gasteiger partial charge in [0.1, 0.15) is 0 Å². The standard InChI is InChI=1S/C6H15O4P/c1-4-8-11(9-5-2)10-6(3)7/h6-7H,4-5H2,1-3H3. The van der Waals surface area contributed by atoms with E-state index in [0.717, 1.165) is 0 Å². The van der Waals surface area contributed by atoms with Crippen LogP contribution in [0, 0.1) is 0 Å². The summed E-state index contributed by atoms with van der Waals surface area (Å²) in [6, 6.07) is 0. The Kier molecular flexibility index (Phi) is 7.12. The molecule has 0 saturated heterocycles. The van der Waals surface area contributed by atoms with Crippen LogP contribution in [0.1, 0.15) is 20.8 Å². The van der Waals surface area contributed by atoms with E-state index >= 15 is 0 Å². The molecule has 0 aliphatic carbocycles. The molecule has 0 rings (SSSR count). The summed E-state index contributed by atoms with van der Waals surface area (Å²) in [5.41, 5.74) is 0. The molecule has 1 unspecified atom stereocenters. The van der Waals surface area contributed by atoms with Crippen LogP contribution in [0.15, 0.2) is 0 Å². The van der Waals surface area contributed by atoms with Gasteiger partial charge in [0.15, 0.2) is 6.29 Å². The van der Waals surface area contributed by atoms with Gasteiger partial charge in [-0.1, -0.05) is 0 Å². The number of aliphatic hydroxyl groups is 1. The van der Waals surface area contributed by atoms with E-state index in [2.05, 4.69) is 0 Å². The van der Waals surface area contributed by atoms with Crippen LogP contribution in [0.25, 0.3) is 0 Å². The monoisotopic (exact) mass is 182 g/mol. The molecular formula is C6H15O4P. The lowest BCUT2D eigenvalue weighted by Gasteiger charge is -2.15. The highest BCUT2D eigenvalue weighted by Gasteiger charge is 2.12. The molecule has 0 amide bonds. The summed E-state index contributed by atoms with van der Waals surface area (Å²) in [6.45, 7) is 6.27. The summed E-state index contributed by atoms with van der Waals surface area (Å²) in [7, 11) is -1.35. The normalized spacial score (nSPS) is 13.9. The van der Waals surface area contributed by atoms with Gasteiger partial charge in [0.25, 0.3) is 0 Å². The molecule has 4 nitrogen and oxygen atoms in total. The van der Waals surface area contributed by atoms with E-state index in [1.165, 1.54) is 6.92 Å².